The van der Waals surface area contributed by atoms with Gasteiger partial charge >= 0.3 is 5.97 Å². The molecule has 0 amide bonds. The SMILES string of the molecule is C/C=C/CC(CC)(N=Cc1ccccc1)C(=O)OCC. The number of benzene rings is 1. The average molecular weight is 273 g/mol. The van der Waals surface area contributed by atoms with Gasteiger partial charge in [-0.2, -0.15) is 0 Å². The maximum atomic E-state index is 12.3. The molecule has 0 N–H and O–H groups in total. The van der Waals surface area contributed by atoms with Crippen molar-refractivity contribution in [2.75, 3.05) is 6.61 Å². The summed E-state index contributed by atoms with van der Waals surface area (Å²) in [7, 11) is 0. The van der Waals surface area contributed by atoms with Crippen LogP contribution >= 0.6 is 0 Å². The maximum absolute atomic E-state index is 12.3. The molecule has 1 rings (SSSR count). The smallest absolute Gasteiger partial charge is 0.334 e. The van der Waals surface area contributed by atoms with E-state index in [0.717, 1.165) is 5.56 Å². The van der Waals surface area contributed by atoms with E-state index in [-0.39, 0.29) is 5.97 Å². The molecule has 0 bridgehead atoms. The van der Waals surface area contributed by atoms with Gasteiger partial charge in [-0.3, -0.25) is 4.99 Å². The van der Waals surface area contributed by atoms with Crippen LogP contribution in [0.4, 0.5) is 0 Å². The van der Waals surface area contributed by atoms with Crippen LogP contribution in [0.3, 0.4) is 0 Å². The molecule has 0 aliphatic carbocycles. The van der Waals surface area contributed by atoms with Gasteiger partial charge in [0.25, 0.3) is 0 Å². The molecular formula is C17H23NO2. The van der Waals surface area contributed by atoms with E-state index in [1.54, 1.807) is 6.21 Å². The van der Waals surface area contributed by atoms with Gasteiger partial charge in [-0.15, -0.1) is 0 Å². The molecule has 0 spiro atoms. The predicted octanol–water partition coefficient (Wildman–Crippen LogP) is 3.78. The maximum Gasteiger partial charge on any atom is 0.334 e. The number of carbonyl (C=O) groups is 1. The summed E-state index contributed by atoms with van der Waals surface area (Å²) in [6, 6.07) is 9.78. The number of nitrogens with zero attached hydrogens (tertiary/aromatic N) is 1. The van der Waals surface area contributed by atoms with Crippen LogP contribution in [-0.2, 0) is 9.53 Å². The van der Waals surface area contributed by atoms with Crippen LogP contribution < -0.4 is 0 Å². The molecule has 3 nitrogen and oxygen atoms in total. The Morgan fingerprint density at radius 3 is 2.55 bits per heavy atom. The third-order valence-electron chi connectivity index (χ3n) is 3.19. The summed E-state index contributed by atoms with van der Waals surface area (Å²) in [5.74, 6) is -0.257. The van der Waals surface area contributed by atoms with Crippen molar-refractivity contribution in [2.24, 2.45) is 4.99 Å². The summed E-state index contributed by atoms with van der Waals surface area (Å²) >= 11 is 0. The van der Waals surface area contributed by atoms with Gasteiger partial charge in [-0.25, -0.2) is 4.79 Å². The normalized spacial score (nSPS) is 14.6. The minimum absolute atomic E-state index is 0.257. The molecule has 108 valence electrons. The summed E-state index contributed by atoms with van der Waals surface area (Å²) in [6.07, 6.45) is 6.82. The van der Waals surface area contributed by atoms with E-state index in [1.165, 1.54) is 0 Å². The van der Waals surface area contributed by atoms with Crippen molar-refractivity contribution >= 4 is 12.2 Å². The first-order valence-corrected chi connectivity index (χ1v) is 7.07. The van der Waals surface area contributed by atoms with E-state index in [0.29, 0.717) is 19.4 Å². The molecule has 0 radical (unpaired) electrons. The Morgan fingerprint density at radius 2 is 2.00 bits per heavy atom. The first-order valence-electron chi connectivity index (χ1n) is 7.07. The molecule has 1 atom stereocenters. The van der Waals surface area contributed by atoms with E-state index in [4.69, 9.17) is 4.74 Å². The van der Waals surface area contributed by atoms with Gasteiger partial charge in [-0.1, -0.05) is 49.4 Å². The fraction of sp³-hybridized carbons (Fsp3) is 0.412. The lowest BCUT2D eigenvalue weighted by atomic mass is 9.92. The summed E-state index contributed by atoms with van der Waals surface area (Å²) in [6.45, 7) is 6.08. The molecule has 20 heavy (non-hydrogen) atoms. The monoisotopic (exact) mass is 273 g/mol. The van der Waals surface area contributed by atoms with Crippen molar-refractivity contribution in [3.05, 3.63) is 48.0 Å². The van der Waals surface area contributed by atoms with Crippen molar-refractivity contribution < 1.29 is 9.53 Å². The molecule has 1 unspecified atom stereocenters. The number of rotatable bonds is 7. The summed E-state index contributed by atoms with van der Waals surface area (Å²) < 4.78 is 5.20. The Hall–Kier alpha value is -1.90. The number of allylic oxidation sites excluding steroid dienone is 1. The molecular weight excluding hydrogens is 250 g/mol. The second-order valence-electron chi connectivity index (χ2n) is 4.55. The highest BCUT2D eigenvalue weighted by Crippen LogP contribution is 2.24. The van der Waals surface area contributed by atoms with Crippen LogP contribution in [0.1, 0.15) is 39.2 Å². The van der Waals surface area contributed by atoms with Gasteiger partial charge in [-0.05, 0) is 25.8 Å². The van der Waals surface area contributed by atoms with Crippen molar-refractivity contribution in [3.63, 3.8) is 0 Å². The Kier molecular flexibility index (Phi) is 6.71. The summed E-state index contributed by atoms with van der Waals surface area (Å²) in [5.41, 5.74) is 0.161. The number of ether oxygens (including phenoxy) is 1. The summed E-state index contributed by atoms with van der Waals surface area (Å²) in [5, 5.41) is 0. The zero-order chi connectivity index (χ0) is 14.8. The number of carbonyl (C=O) groups excluding carboxylic acids is 1. The number of aliphatic imine (C=N–C) groups is 1. The standard InChI is InChI=1S/C17H23NO2/c1-4-7-13-17(5-2,16(19)20-6-3)18-14-15-11-9-8-10-12-15/h4,7-12,14H,5-6,13H2,1-3H3/b7-4+,18-14?. The van der Waals surface area contributed by atoms with Crippen LogP contribution in [0.5, 0.6) is 0 Å². The van der Waals surface area contributed by atoms with Crippen LogP contribution in [0.25, 0.3) is 0 Å². The topological polar surface area (TPSA) is 38.7 Å². The highest BCUT2D eigenvalue weighted by molar-refractivity contribution is 5.87. The number of esters is 1. The van der Waals surface area contributed by atoms with Crippen LogP contribution in [0.2, 0.25) is 0 Å². The minimum atomic E-state index is -0.821. The molecule has 0 aliphatic heterocycles. The molecule has 0 aliphatic rings. The Morgan fingerprint density at radius 1 is 1.30 bits per heavy atom. The highest BCUT2D eigenvalue weighted by atomic mass is 16.5. The predicted molar refractivity (Wildman–Crippen MR) is 83.1 cm³/mol. The van der Waals surface area contributed by atoms with Gasteiger partial charge < -0.3 is 4.74 Å². The van der Waals surface area contributed by atoms with Gasteiger partial charge in [0, 0.05) is 12.6 Å². The molecule has 0 aromatic heterocycles. The molecule has 1 aromatic carbocycles. The van der Waals surface area contributed by atoms with Crippen LogP contribution in [-0.4, -0.2) is 24.3 Å². The Balaban J connectivity index is 3.02. The summed E-state index contributed by atoms with van der Waals surface area (Å²) in [4.78, 5) is 16.8. The van der Waals surface area contributed by atoms with Crippen molar-refractivity contribution in [3.8, 4) is 0 Å². The first kappa shape index (κ1) is 16.2. The van der Waals surface area contributed by atoms with Crippen LogP contribution in [0.15, 0.2) is 47.5 Å². The molecule has 1 aromatic rings. The van der Waals surface area contributed by atoms with Gasteiger partial charge in [0.05, 0.1) is 6.61 Å². The molecule has 0 fully saturated rings. The van der Waals surface area contributed by atoms with E-state index in [1.807, 2.05) is 63.3 Å². The van der Waals surface area contributed by atoms with E-state index >= 15 is 0 Å². The first-order chi connectivity index (χ1) is 9.68. The van der Waals surface area contributed by atoms with Crippen molar-refractivity contribution in [2.45, 2.75) is 39.2 Å². The van der Waals surface area contributed by atoms with Gasteiger partial charge in [0.2, 0.25) is 0 Å². The lowest BCUT2D eigenvalue weighted by Crippen LogP contribution is -2.37. The fourth-order valence-corrected chi connectivity index (χ4v) is 1.88. The Labute approximate surface area is 121 Å². The lowest BCUT2D eigenvalue weighted by Gasteiger charge is -2.24. The molecule has 0 saturated heterocycles. The average Bonchev–Trinajstić information content (AvgIpc) is 2.49. The zero-order valence-corrected chi connectivity index (χ0v) is 12.5. The van der Waals surface area contributed by atoms with Gasteiger partial charge in [0.1, 0.15) is 0 Å². The molecule has 3 heteroatoms. The fourth-order valence-electron chi connectivity index (χ4n) is 1.88. The number of hydrogen-bond acceptors (Lipinski definition) is 3. The van der Waals surface area contributed by atoms with E-state index in [2.05, 4.69) is 4.99 Å². The number of hydrogen-bond donors (Lipinski definition) is 0. The molecule has 0 saturated carbocycles. The van der Waals surface area contributed by atoms with E-state index in [9.17, 15) is 4.79 Å². The Bertz CT molecular complexity index is 465. The van der Waals surface area contributed by atoms with Gasteiger partial charge in [0.15, 0.2) is 5.54 Å². The highest BCUT2D eigenvalue weighted by Gasteiger charge is 2.36. The molecule has 0 heterocycles. The van der Waals surface area contributed by atoms with E-state index < -0.39 is 5.54 Å². The lowest BCUT2D eigenvalue weighted by molar-refractivity contribution is -0.149. The second-order valence-corrected chi connectivity index (χ2v) is 4.55. The van der Waals surface area contributed by atoms with Crippen molar-refractivity contribution in [1.29, 1.82) is 0 Å². The third-order valence-corrected chi connectivity index (χ3v) is 3.19. The second kappa shape index (κ2) is 8.31. The van der Waals surface area contributed by atoms with Crippen molar-refractivity contribution in [1.82, 2.24) is 0 Å². The zero-order valence-electron chi connectivity index (χ0n) is 12.5. The quantitative estimate of drug-likeness (QED) is 0.431. The van der Waals surface area contributed by atoms with Crippen LogP contribution in [0, 0.1) is 0 Å². The minimum Gasteiger partial charge on any atom is -0.464 e. The third kappa shape index (κ3) is 4.34. The largest absolute Gasteiger partial charge is 0.464 e.